The molecule has 1 fully saturated rings. The van der Waals surface area contributed by atoms with Gasteiger partial charge in [-0.15, -0.1) is 0 Å². The van der Waals surface area contributed by atoms with Crippen LogP contribution in [-0.4, -0.2) is 48.4 Å². The molecule has 1 aliphatic rings. The number of carbonyl (C=O) groups excluding carboxylic acids is 1. The Kier molecular flexibility index (Phi) is 7.21. The molecule has 170 valence electrons. The molecule has 0 aliphatic carbocycles. The van der Waals surface area contributed by atoms with E-state index in [0.29, 0.717) is 24.6 Å². The van der Waals surface area contributed by atoms with Crippen LogP contribution in [0.4, 0.5) is 0 Å². The summed E-state index contributed by atoms with van der Waals surface area (Å²) in [5.41, 5.74) is 3.72. The molecule has 0 radical (unpaired) electrons. The van der Waals surface area contributed by atoms with E-state index in [4.69, 9.17) is 14.1 Å². The number of carbonyl (C=O) groups is 1. The highest BCUT2D eigenvalue weighted by Gasteiger charge is 2.21. The molecule has 1 amide bonds. The quantitative estimate of drug-likeness (QED) is 0.546. The standard InChI is InChI=1S/C24H30N4O4/c1-30-20-8-7-19(23(13-20)31-2)14-25-24(29)10-6-17-4-3-11-28(15-17)16-18-5-9-21-22(12-18)27-32-26-21/h5,7-9,12-13,17H,3-4,6,10-11,14-16H2,1-2H3,(H,25,29)/t17-/m1/s1. The molecule has 0 bridgehead atoms. The van der Waals surface area contributed by atoms with Gasteiger partial charge in [0.2, 0.25) is 5.91 Å². The minimum atomic E-state index is 0.0731. The highest BCUT2D eigenvalue weighted by Crippen LogP contribution is 2.25. The van der Waals surface area contributed by atoms with Crippen molar-refractivity contribution < 1.29 is 18.9 Å². The van der Waals surface area contributed by atoms with Gasteiger partial charge in [0.1, 0.15) is 22.5 Å². The summed E-state index contributed by atoms with van der Waals surface area (Å²) in [6.45, 7) is 3.41. The number of nitrogens with one attached hydrogen (secondary N) is 1. The highest BCUT2D eigenvalue weighted by molar-refractivity contribution is 5.76. The summed E-state index contributed by atoms with van der Waals surface area (Å²) in [7, 11) is 3.24. The number of piperidine rings is 1. The third-order valence-corrected chi connectivity index (χ3v) is 6.08. The zero-order valence-corrected chi connectivity index (χ0v) is 18.7. The third-order valence-electron chi connectivity index (χ3n) is 6.08. The Morgan fingerprint density at radius 3 is 2.88 bits per heavy atom. The van der Waals surface area contributed by atoms with Crippen molar-refractivity contribution in [2.24, 2.45) is 5.92 Å². The first-order chi connectivity index (χ1) is 15.6. The van der Waals surface area contributed by atoms with Gasteiger partial charge in [-0.3, -0.25) is 9.69 Å². The largest absolute Gasteiger partial charge is 0.497 e. The predicted molar refractivity (Wildman–Crippen MR) is 120 cm³/mol. The zero-order chi connectivity index (χ0) is 22.3. The minimum Gasteiger partial charge on any atom is -0.497 e. The molecule has 8 nitrogen and oxygen atoms in total. The molecule has 3 aromatic rings. The molecular formula is C24H30N4O4. The maximum Gasteiger partial charge on any atom is 0.220 e. The normalized spacial score (nSPS) is 16.8. The van der Waals surface area contributed by atoms with Crippen molar-refractivity contribution >= 4 is 16.9 Å². The fourth-order valence-corrected chi connectivity index (χ4v) is 4.33. The Labute approximate surface area is 187 Å². The maximum atomic E-state index is 12.4. The molecule has 4 rings (SSSR count). The molecule has 0 saturated carbocycles. The number of amides is 1. The summed E-state index contributed by atoms with van der Waals surface area (Å²) in [6.07, 6.45) is 3.76. The van der Waals surface area contributed by atoms with Gasteiger partial charge >= 0.3 is 0 Å². The number of methoxy groups -OCH3 is 2. The van der Waals surface area contributed by atoms with E-state index in [1.165, 1.54) is 12.0 Å². The third kappa shape index (κ3) is 5.56. The second-order valence-electron chi connectivity index (χ2n) is 8.32. The molecule has 0 spiro atoms. The summed E-state index contributed by atoms with van der Waals surface area (Å²) >= 11 is 0. The van der Waals surface area contributed by atoms with Gasteiger partial charge in [0.25, 0.3) is 0 Å². The average Bonchev–Trinajstić information content (AvgIpc) is 3.29. The molecule has 1 aliphatic heterocycles. The Hall–Kier alpha value is -3.13. The lowest BCUT2D eigenvalue weighted by molar-refractivity contribution is -0.121. The lowest BCUT2D eigenvalue weighted by Gasteiger charge is -2.32. The fourth-order valence-electron chi connectivity index (χ4n) is 4.33. The van der Waals surface area contributed by atoms with E-state index in [0.717, 1.165) is 54.8 Å². The zero-order valence-electron chi connectivity index (χ0n) is 18.7. The minimum absolute atomic E-state index is 0.0731. The number of rotatable bonds is 9. The summed E-state index contributed by atoms with van der Waals surface area (Å²) in [5, 5.41) is 10.8. The topological polar surface area (TPSA) is 89.7 Å². The van der Waals surface area contributed by atoms with Crippen LogP contribution in [0.15, 0.2) is 41.0 Å². The van der Waals surface area contributed by atoms with Gasteiger partial charge < -0.3 is 14.8 Å². The number of fused-ring (bicyclic) bond motifs is 1. The number of benzene rings is 2. The van der Waals surface area contributed by atoms with Crippen LogP contribution in [0.25, 0.3) is 11.0 Å². The Balaban J connectivity index is 1.23. The number of aromatic nitrogens is 2. The van der Waals surface area contributed by atoms with Crippen molar-refractivity contribution in [3.05, 3.63) is 47.5 Å². The van der Waals surface area contributed by atoms with Gasteiger partial charge in [0.15, 0.2) is 0 Å². The lowest BCUT2D eigenvalue weighted by Crippen LogP contribution is -2.35. The molecule has 0 unspecified atom stereocenters. The van der Waals surface area contributed by atoms with Crippen molar-refractivity contribution in [1.82, 2.24) is 20.5 Å². The van der Waals surface area contributed by atoms with E-state index in [1.807, 2.05) is 30.3 Å². The molecule has 1 aromatic heterocycles. The van der Waals surface area contributed by atoms with Crippen molar-refractivity contribution in [3.63, 3.8) is 0 Å². The number of hydrogen-bond acceptors (Lipinski definition) is 7. The molecule has 32 heavy (non-hydrogen) atoms. The smallest absolute Gasteiger partial charge is 0.220 e. The number of nitrogens with zero attached hydrogens (tertiary/aromatic N) is 3. The van der Waals surface area contributed by atoms with Gasteiger partial charge in [-0.25, -0.2) is 4.63 Å². The van der Waals surface area contributed by atoms with Crippen molar-refractivity contribution in [3.8, 4) is 11.5 Å². The van der Waals surface area contributed by atoms with Gasteiger partial charge in [-0.05, 0) is 71.9 Å². The van der Waals surface area contributed by atoms with E-state index < -0.39 is 0 Å². The van der Waals surface area contributed by atoms with Gasteiger partial charge in [-0.1, -0.05) is 6.07 Å². The van der Waals surface area contributed by atoms with Crippen LogP contribution < -0.4 is 14.8 Å². The van der Waals surface area contributed by atoms with Crippen LogP contribution in [0, 0.1) is 5.92 Å². The fraction of sp³-hybridized carbons (Fsp3) is 0.458. The van der Waals surface area contributed by atoms with Crippen molar-refractivity contribution in [2.75, 3.05) is 27.3 Å². The Bertz CT molecular complexity index is 1050. The predicted octanol–water partition coefficient (Wildman–Crippen LogP) is 3.55. The SMILES string of the molecule is COc1ccc(CNC(=O)CC[C@H]2CCCN(Cc3ccc4nonc4c3)C2)c(OC)c1. The Morgan fingerprint density at radius 2 is 2.03 bits per heavy atom. The van der Waals surface area contributed by atoms with Gasteiger partial charge in [-0.2, -0.15) is 0 Å². The monoisotopic (exact) mass is 438 g/mol. The van der Waals surface area contributed by atoms with Crippen LogP contribution in [0.1, 0.15) is 36.8 Å². The highest BCUT2D eigenvalue weighted by atomic mass is 16.6. The molecule has 1 N–H and O–H groups in total. The van der Waals surface area contributed by atoms with E-state index >= 15 is 0 Å². The first kappa shape index (κ1) is 22.1. The second-order valence-corrected chi connectivity index (χ2v) is 8.32. The molecule has 1 atom stereocenters. The van der Waals surface area contributed by atoms with Crippen LogP contribution in [0.2, 0.25) is 0 Å². The van der Waals surface area contributed by atoms with Gasteiger partial charge in [0.05, 0.1) is 14.2 Å². The molecule has 2 heterocycles. The first-order valence-corrected chi connectivity index (χ1v) is 11.1. The molecular weight excluding hydrogens is 408 g/mol. The van der Waals surface area contributed by atoms with E-state index in [-0.39, 0.29) is 5.91 Å². The van der Waals surface area contributed by atoms with E-state index in [1.54, 1.807) is 14.2 Å². The van der Waals surface area contributed by atoms with Gasteiger partial charge in [0, 0.05) is 37.7 Å². The van der Waals surface area contributed by atoms with Crippen molar-refractivity contribution in [1.29, 1.82) is 0 Å². The van der Waals surface area contributed by atoms with E-state index in [2.05, 4.69) is 26.6 Å². The van der Waals surface area contributed by atoms with Crippen LogP contribution in [0.3, 0.4) is 0 Å². The maximum absolute atomic E-state index is 12.4. The van der Waals surface area contributed by atoms with Crippen molar-refractivity contribution in [2.45, 2.75) is 38.8 Å². The number of likely N-dealkylation sites (tertiary alicyclic amines) is 1. The molecule has 2 aromatic carbocycles. The lowest BCUT2D eigenvalue weighted by atomic mass is 9.93. The van der Waals surface area contributed by atoms with Crippen LogP contribution in [-0.2, 0) is 17.9 Å². The summed E-state index contributed by atoms with van der Waals surface area (Å²) in [4.78, 5) is 14.9. The summed E-state index contributed by atoms with van der Waals surface area (Å²) in [6, 6.07) is 11.7. The molecule has 1 saturated heterocycles. The Morgan fingerprint density at radius 1 is 1.16 bits per heavy atom. The first-order valence-electron chi connectivity index (χ1n) is 11.1. The average molecular weight is 439 g/mol. The van der Waals surface area contributed by atoms with Crippen LogP contribution >= 0.6 is 0 Å². The van der Waals surface area contributed by atoms with E-state index in [9.17, 15) is 4.79 Å². The summed E-state index contributed by atoms with van der Waals surface area (Å²) < 4.78 is 15.4. The second kappa shape index (κ2) is 10.5. The number of hydrogen-bond donors (Lipinski definition) is 1. The molecule has 8 heteroatoms. The number of ether oxygens (including phenoxy) is 2. The van der Waals surface area contributed by atoms with Crippen LogP contribution in [0.5, 0.6) is 11.5 Å². The summed E-state index contributed by atoms with van der Waals surface area (Å²) in [5.74, 6) is 2.05.